The number of rotatable bonds is 4. The van der Waals surface area contributed by atoms with Gasteiger partial charge in [0.15, 0.2) is 5.78 Å². The van der Waals surface area contributed by atoms with Gasteiger partial charge < -0.3 is 10.6 Å². The van der Waals surface area contributed by atoms with E-state index in [0.29, 0.717) is 11.1 Å². The van der Waals surface area contributed by atoms with Crippen LogP contribution in [-0.4, -0.2) is 29.5 Å². The third-order valence-corrected chi connectivity index (χ3v) is 7.08. The number of nitrogens with two attached hydrogens (primary N) is 1. The van der Waals surface area contributed by atoms with Gasteiger partial charge in [0.05, 0.1) is 11.3 Å². The number of hydrogen-bond acceptors (Lipinski definition) is 5. The number of ketones is 1. The highest BCUT2D eigenvalue weighted by Crippen LogP contribution is 2.40. The molecule has 5 rings (SSSR count). The predicted molar refractivity (Wildman–Crippen MR) is 127 cm³/mol. The fourth-order valence-electron chi connectivity index (χ4n) is 4.17. The Balaban J connectivity index is 1.76. The van der Waals surface area contributed by atoms with E-state index in [2.05, 4.69) is 4.90 Å². The van der Waals surface area contributed by atoms with Crippen molar-refractivity contribution in [3.8, 4) is 5.69 Å². The van der Waals surface area contributed by atoms with Crippen molar-refractivity contribution in [3.63, 3.8) is 0 Å². The molecule has 2 N–H and O–H groups in total. The molecule has 0 spiro atoms. The van der Waals surface area contributed by atoms with Gasteiger partial charge in [-0.3, -0.25) is 14.2 Å². The van der Waals surface area contributed by atoms with E-state index in [1.807, 2.05) is 60.7 Å². The highest BCUT2D eigenvalue weighted by molar-refractivity contribution is 7.23. The van der Waals surface area contributed by atoms with Crippen LogP contribution in [0.15, 0.2) is 77.6 Å². The minimum absolute atomic E-state index is 0.0185. The van der Waals surface area contributed by atoms with Gasteiger partial charge in [0.25, 0.3) is 5.56 Å². The summed E-state index contributed by atoms with van der Waals surface area (Å²) in [6.45, 7) is 1.61. The van der Waals surface area contributed by atoms with Crippen molar-refractivity contribution < 1.29 is 4.79 Å². The Morgan fingerprint density at radius 1 is 0.903 bits per heavy atom. The van der Waals surface area contributed by atoms with E-state index in [9.17, 15) is 9.59 Å². The van der Waals surface area contributed by atoms with Crippen molar-refractivity contribution in [2.75, 3.05) is 18.0 Å². The average molecular weight is 430 g/mol. The van der Waals surface area contributed by atoms with Crippen LogP contribution in [0, 0.1) is 0 Å². The van der Waals surface area contributed by atoms with Crippen LogP contribution in [0.1, 0.15) is 28.8 Å². The molecule has 0 saturated carbocycles. The SMILES string of the molecule is NC1CCN(c2sc3c(ccc(=O)n3-c3ccccc3)c2C(=O)c2ccccc2)CC1. The molecule has 0 atom stereocenters. The van der Waals surface area contributed by atoms with Crippen LogP contribution in [0.5, 0.6) is 0 Å². The van der Waals surface area contributed by atoms with Gasteiger partial charge in [0, 0.05) is 36.1 Å². The summed E-state index contributed by atoms with van der Waals surface area (Å²) < 4.78 is 1.71. The Morgan fingerprint density at radius 2 is 1.55 bits per heavy atom. The van der Waals surface area contributed by atoms with E-state index in [1.54, 1.807) is 16.7 Å². The Hall–Kier alpha value is -3.22. The predicted octanol–water partition coefficient (Wildman–Crippen LogP) is 4.21. The third kappa shape index (κ3) is 3.58. The lowest BCUT2D eigenvalue weighted by Gasteiger charge is -2.31. The van der Waals surface area contributed by atoms with Gasteiger partial charge in [-0.05, 0) is 31.0 Å². The molecule has 1 saturated heterocycles. The van der Waals surface area contributed by atoms with Crippen LogP contribution < -0.4 is 16.2 Å². The molecule has 1 aliphatic rings. The summed E-state index contributed by atoms with van der Waals surface area (Å²) in [5.41, 5.74) is 8.13. The van der Waals surface area contributed by atoms with Crippen molar-refractivity contribution in [1.29, 1.82) is 0 Å². The molecular formula is C25H23N3O2S. The lowest BCUT2D eigenvalue weighted by Crippen LogP contribution is -2.39. The Bertz CT molecular complexity index is 1290. The number of nitrogens with zero attached hydrogens (tertiary/aromatic N) is 2. The summed E-state index contributed by atoms with van der Waals surface area (Å²) in [5, 5.41) is 1.73. The van der Waals surface area contributed by atoms with Crippen molar-refractivity contribution >= 4 is 32.3 Å². The number of thiophene rings is 1. The molecule has 0 bridgehead atoms. The molecule has 1 fully saturated rings. The number of piperidine rings is 1. The van der Waals surface area contributed by atoms with Gasteiger partial charge in [0.1, 0.15) is 9.83 Å². The fraction of sp³-hybridized carbons (Fsp3) is 0.200. The first kappa shape index (κ1) is 19.7. The van der Waals surface area contributed by atoms with Gasteiger partial charge in [-0.25, -0.2) is 0 Å². The molecule has 5 nitrogen and oxygen atoms in total. The van der Waals surface area contributed by atoms with Crippen molar-refractivity contribution in [3.05, 3.63) is 94.3 Å². The molecule has 3 heterocycles. The zero-order valence-corrected chi connectivity index (χ0v) is 17.8. The molecule has 4 aromatic rings. The summed E-state index contributed by atoms with van der Waals surface area (Å²) in [7, 11) is 0. The van der Waals surface area contributed by atoms with Gasteiger partial charge in [0.2, 0.25) is 0 Å². The summed E-state index contributed by atoms with van der Waals surface area (Å²) >= 11 is 1.52. The normalized spacial score (nSPS) is 14.8. The van der Waals surface area contributed by atoms with Gasteiger partial charge >= 0.3 is 0 Å². The monoisotopic (exact) mass is 429 g/mol. The smallest absolute Gasteiger partial charge is 0.256 e. The van der Waals surface area contributed by atoms with E-state index < -0.39 is 0 Å². The number of para-hydroxylation sites is 1. The summed E-state index contributed by atoms with van der Waals surface area (Å²) in [6, 6.07) is 22.5. The zero-order chi connectivity index (χ0) is 21.4. The molecule has 2 aromatic carbocycles. The quantitative estimate of drug-likeness (QED) is 0.494. The van der Waals surface area contributed by atoms with E-state index in [1.165, 1.54) is 11.3 Å². The Labute approximate surface area is 184 Å². The molecule has 0 aliphatic carbocycles. The van der Waals surface area contributed by atoms with Gasteiger partial charge in [-0.2, -0.15) is 0 Å². The lowest BCUT2D eigenvalue weighted by atomic mass is 10.0. The maximum atomic E-state index is 13.6. The maximum absolute atomic E-state index is 13.6. The highest BCUT2D eigenvalue weighted by Gasteiger charge is 2.28. The maximum Gasteiger partial charge on any atom is 0.256 e. The Morgan fingerprint density at radius 3 is 2.23 bits per heavy atom. The second-order valence-electron chi connectivity index (χ2n) is 7.86. The van der Waals surface area contributed by atoms with Crippen molar-refractivity contribution in [2.24, 2.45) is 5.73 Å². The van der Waals surface area contributed by atoms with E-state index in [0.717, 1.165) is 46.8 Å². The lowest BCUT2D eigenvalue weighted by molar-refractivity contribution is 0.104. The summed E-state index contributed by atoms with van der Waals surface area (Å²) in [5.74, 6) is -0.0185. The van der Waals surface area contributed by atoms with Crippen LogP contribution >= 0.6 is 11.3 Å². The third-order valence-electron chi connectivity index (χ3n) is 5.83. The molecule has 6 heteroatoms. The number of anilines is 1. The van der Waals surface area contributed by atoms with Gasteiger partial charge in [-0.1, -0.05) is 59.9 Å². The standard InChI is InChI=1S/C25H23N3O2S/c26-18-13-15-27(16-14-18)25-22(23(30)17-7-3-1-4-8-17)20-11-12-21(29)28(24(20)31-25)19-9-5-2-6-10-19/h1-12,18H,13-16,26H2. The molecule has 0 radical (unpaired) electrons. The highest BCUT2D eigenvalue weighted by atomic mass is 32.1. The summed E-state index contributed by atoms with van der Waals surface area (Å²) in [6.07, 6.45) is 1.78. The molecule has 2 aromatic heterocycles. The number of hydrogen-bond donors (Lipinski definition) is 1. The fourth-order valence-corrected chi connectivity index (χ4v) is 5.54. The minimum atomic E-state index is -0.106. The van der Waals surface area contributed by atoms with Crippen LogP contribution in [0.25, 0.3) is 15.9 Å². The minimum Gasteiger partial charge on any atom is -0.363 e. The number of pyridine rings is 1. The second kappa shape index (κ2) is 8.13. The van der Waals surface area contributed by atoms with E-state index >= 15 is 0 Å². The Kier molecular flexibility index (Phi) is 5.18. The number of fused-ring (bicyclic) bond motifs is 1. The number of carbonyl (C=O) groups excluding carboxylic acids is 1. The largest absolute Gasteiger partial charge is 0.363 e. The van der Waals surface area contributed by atoms with Crippen LogP contribution in [0.4, 0.5) is 5.00 Å². The van der Waals surface area contributed by atoms with Crippen LogP contribution in [-0.2, 0) is 0 Å². The molecule has 1 aliphatic heterocycles. The molecular weight excluding hydrogens is 406 g/mol. The first-order valence-corrected chi connectivity index (χ1v) is 11.3. The van der Waals surface area contributed by atoms with E-state index in [4.69, 9.17) is 5.73 Å². The first-order chi connectivity index (χ1) is 15.1. The van der Waals surface area contributed by atoms with Crippen LogP contribution in [0.2, 0.25) is 0 Å². The van der Waals surface area contributed by atoms with Crippen LogP contribution in [0.3, 0.4) is 0 Å². The van der Waals surface area contributed by atoms with Crippen molar-refractivity contribution in [2.45, 2.75) is 18.9 Å². The topological polar surface area (TPSA) is 68.3 Å². The summed E-state index contributed by atoms with van der Waals surface area (Å²) in [4.78, 5) is 29.6. The average Bonchev–Trinajstić information content (AvgIpc) is 3.19. The molecule has 156 valence electrons. The molecule has 31 heavy (non-hydrogen) atoms. The zero-order valence-electron chi connectivity index (χ0n) is 17.0. The molecule has 0 amide bonds. The molecule has 0 unspecified atom stereocenters. The van der Waals surface area contributed by atoms with E-state index in [-0.39, 0.29) is 17.4 Å². The van der Waals surface area contributed by atoms with Crippen molar-refractivity contribution in [1.82, 2.24) is 4.57 Å². The number of aromatic nitrogens is 1. The first-order valence-electron chi connectivity index (χ1n) is 10.5. The number of carbonyl (C=O) groups is 1. The second-order valence-corrected chi connectivity index (χ2v) is 8.84. The van der Waals surface area contributed by atoms with Gasteiger partial charge in [-0.15, -0.1) is 0 Å². The number of benzene rings is 2.